The van der Waals surface area contributed by atoms with Gasteiger partial charge in [0.2, 0.25) is 5.91 Å². The summed E-state index contributed by atoms with van der Waals surface area (Å²) in [6.45, 7) is 0.427. The molecule has 0 saturated carbocycles. The molecule has 166 valence electrons. The van der Waals surface area contributed by atoms with Gasteiger partial charge in [-0.25, -0.2) is 8.42 Å². The molecule has 32 heavy (non-hydrogen) atoms. The Labute approximate surface area is 198 Å². The Kier molecular flexibility index (Phi) is 6.63. The molecule has 1 aliphatic heterocycles. The van der Waals surface area contributed by atoms with Crippen molar-refractivity contribution in [3.05, 3.63) is 80.5 Å². The normalized spacial score (nSPS) is 15.4. The van der Waals surface area contributed by atoms with Crippen molar-refractivity contribution in [3.8, 4) is 0 Å². The quantitative estimate of drug-likeness (QED) is 0.428. The first-order chi connectivity index (χ1) is 15.3. The average molecular weight is 534 g/mol. The Hall–Kier alpha value is -2.69. The topological polar surface area (TPSA) is 104 Å². The van der Waals surface area contributed by atoms with Crippen LogP contribution in [0, 0.1) is 0 Å². The minimum absolute atomic E-state index is 0.159. The highest BCUT2D eigenvalue weighted by atomic mass is 79.9. The highest BCUT2D eigenvalue weighted by Crippen LogP contribution is 2.28. The van der Waals surface area contributed by atoms with Gasteiger partial charge in [-0.2, -0.15) is 0 Å². The molecular formula is C22H20BrN3O4S2. The van der Waals surface area contributed by atoms with Crippen molar-refractivity contribution in [1.29, 1.82) is 0 Å². The van der Waals surface area contributed by atoms with E-state index in [-0.39, 0.29) is 17.4 Å². The summed E-state index contributed by atoms with van der Waals surface area (Å²) in [4.78, 5) is 26.0. The van der Waals surface area contributed by atoms with E-state index < -0.39 is 21.8 Å². The van der Waals surface area contributed by atoms with Crippen molar-refractivity contribution in [2.24, 2.45) is 0 Å². The summed E-state index contributed by atoms with van der Waals surface area (Å²) in [5.74, 6) is -1.21. The van der Waals surface area contributed by atoms with E-state index in [4.69, 9.17) is 0 Å². The third kappa shape index (κ3) is 5.56. The number of nitrogens with one attached hydrogen (secondary N) is 3. The van der Waals surface area contributed by atoms with E-state index in [0.717, 1.165) is 9.35 Å². The number of carbonyl (C=O) groups excluding carboxylic acids is 2. The first kappa shape index (κ1) is 22.5. The van der Waals surface area contributed by atoms with Gasteiger partial charge in [-0.15, -0.1) is 11.3 Å². The maximum atomic E-state index is 12.7. The van der Waals surface area contributed by atoms with Gasteiger partial charge in [0.05, 0.1) is 29.4 Å². The Morgan fingerprint density at radius 2 is 1.94 bits per heavy atom. The Morgan fingerprint density at radius 3 is 2.69 bits per heavy atom. The van der Waals surface area contributed by atoms with Crippen molar-refractivity contribution in [2.75, 3.05) is 16.4 Å². The minimum Gasteiger partial charge on any atom is -0.371 e. The number of rotatable bonds is 7. The lowest BCUT2D eigenvalue weighted by molar-refractivity contribution is -0.116. The number of fused-ring (bicyclic) bond motifs is 1. The first-order valence-corrected chi connectivity index (χ1v) is 13.3. The van der Waals surface area contributed by atoms with E-state index >= 15 is 0 Å². The maximum absolute atomic E-state index is 12.7. The van der Waals surface area contributed by atoms with E-state index in [0.29, 0.717) is 29.0 Å². The molecule has 0 radical (unpaired) electrons. The predicted molar refractivity (Wildman–Crippen MR) is 130 cm³/mol. The van der Waals surface area contributed by atoms with Gasteiger partial charge < -0.3 is 16.0 Å². The van der Waals surface area contributed by atoms with Crippen LogP contribution in [0.3, 0.4) is 0 Å². The van der Waals surface area contributed by atoms with Crippen LogP contribution in [-0.4, -0.2) is 32.0 Å². The maximum Gasteiger partial charge on any atom is 0.251 e. The Morgan fingerprint density at radius 1 is 1.09 bits per heavy atom. The summed E-state index contributed by atoms with van der Waals surface area (Å²) in [5.41, 5.74) is 2.07. The molecule has 0 aliphatic carbocycles. The van der Waals surface area contributed by atoms with E-state index in [1.807, 2.05) is 23.6 Å². The van der Waals surface area contributed by atoms with Crippen molar-refractivity contribution >= 4 is 60.3 Å². The van der Waals surface area contributed by atoms with Crippen LogP contribution in [0.2, 0.25) is 0 Å². The number of carbonyl (C=O) groups is 2. The zero-order valence-electron chi connectivity index (χ0n) is 16.8. The SMILES string of the molecule is O=C(NCc1cccs1)c1ccc2c(c1)NC(=O)[C@@H](CS(=O)(=O)Cc1cccc(Br)c1)N2. The molecule has 0 unspecified atom stereocenters. The fraction of sp³-hybridized carbons (Fsp3) is 0.182. The lowest BCUT2D eigenvalue weighted by atomic mass is 10.1. The second-order valence-electron chi connectivity index (χ2n) is 7.39. The van der Waals surface area contributed by atoms with Crippen LogP contribution >= 0.6 is 27.3 Å². The van der Waals surface area contributed by atoms with Crippen LogP contribution in [-0.2, 0) is 26.9 Å². The summed E-state index contributed by atoms with van der Waals surface area (Å²) in [6, 6.07) is 14.9. The smallest absolute Gasteiger partial charge is 0.251 e. The minimum atomic E-state index is -3.54. The van der Waals surface area contributed by atoms with Gasteiger partial charge in [0.1, 0.15) is 6.04 Å². The van der Waals surface area contributed by atoms with Gasteiger partial charge in [0, 0.05) is 14.9 Å². The van der Waals surface area contributed by atoms with E-state index in [1.54, 1.807) is 47.7 Å². The number of anilines is 2. The van der Waals surface area contributed by atoms with Crippen molar-refractivity contribution in [3.63, 3.8) is 0 Å². The van der Waals surface area contributed by atoms with Crippen LogP contribution < -0.4 is 16.0 Å². The van der Waals surface area contributed by atoms with E-state index in [1.165, 1.54) is 0 Å². The summed E-state index contributed by atoms with van der Waals surface area (Å²) < 4.78 is 26.1. The van der Waals surface area contributed by atoms with Crippen LogP contribution in [0.1, 0.15) is 20.8 Å². The van der Waals surface area contributed by atoms with Crippen molar-refractivity contribution < 1.29 is 18.0 Å². The summed E-state index contributed by atoms with van der Waals surface area (Å²) in [5, 5.41) is 10.5. The lowest BCUT2D eigenvalue weighted by Crippen LogP contribution is -2.43. The number of benzene rings is 2. The fourth-order valence-corrected chi connectivity index (χ4v) is 6.02. The van der Waals surface area contributed by atoms with Gasteiger partial charge in [0.15, 0.2) is 9.84 Å². The highest BCUT2D eigenvalue weighted by molar-refractivity contribution is 9.10. The van der Waals surface area contributed by atoms with Gasteiger partial charge in [-0.1, -0.05) is 34.1 Å². The summed E-state index contributed by atoms with van der Waals surface area (Å²) in [6.07, 6.45) is 0. The number of amides is 2. The third-order valence-corrected chi connectivity index (χ3v) is 7.87. The van der Waals surface area contributed by atoms with Gasteiger partial charge in [-0.05, 0) is 47.3 Å². The van der Waals surface area contributed by atoms with Crippen LogP contribution in [0.4, 0.5) is 11.4 Å². The molecule has 4 rings (SSSR count). The standard InChI is InChI=1S/C22H20BrN3O4S2/c23-16-4-1-3-14(9-16)12-32(29,30)13-20-22(28)26-19-10-15(6-7-18(19)25-20)21(27)24-11-17-5-2-8-31-17/h1-10,20,25H,11-13H2,(H,24,27)(H,26,28)/t20-/m1/s1. The van der Waals surface area contributed by atoms with Gasteiger partial charge in [-0.3, -0.25) is 9.59 Å². The van der Waals surface area contributed by atoms with Crippen molar-refractivity contribution in [1.82, 2.24) is 5.32 Å². The fourth-order valence-electron chi connectivity index (χ4n) is 3.38. The molecule has 1 atom stereocenters. The molecule has 2 heterocycles. The number of halogens is 1. The molecule has 3 aromatic rings. The third-order valence-electron chi connectivity index (χ3n) is 4.89. The van der Waals surface area contributed by atoms with Crippen molar-refractivity contribution in [2.45, 2.75) is 18.3 Å². The van der Waals surface area contributed by atoms with Crippen LogP contribution in [0.5, 0.6) is 0 Å². The molecule has 2 amide bonds. The molecule has 10 heteroatoms. The predicted octanol–water partition coefficient (Wildman–Crippen LogP) is 3.79. The lowest BCUT2D eigenvalue weighted by Gasteiger charge is -2.27. The molecule has 0 saturated heterocycles. The molecule has 0 spiro atoms. The molecule has 3 N–H and O–H groups in total. The van der Waals surface area contributed by atoms with E-state index in [2.05, 4.69) is 31.9 Å². The van der Waals surface area contributed by atoms with Crippen LogP contribution in [0.25, 0.3) is 0 Å². The molecule has 0 fully saturated rings. The molecule has 1 aromatic heterocycles. The highest BCUT2D eigenvalue weighted by Gasteiger charge is 2.30. The zero-order chi connectivity index (χ0) is 22.7. The summed E-state index contributed by atoms with van der Waals surface area (Å²) >= 11 is 4.89. The zero-order valence-corrected chi connectivity index (χ0v) is 20.0. The van der Waals surface area contributed by atoms with Gasteiger partial charge >= 0.3 is 0 Å². The summed E-state index contributed by atoms with van der Waals surface area (Å²) in [7, 11) is -3.54. The molecule has 7 nitrogen and oxygen atoms in total. The largest absolute Gasteiger partial charge is 0.371 e. The molecule has 1 aliphatic rings. The molecule has 2 aromatic carbocycles. The van der Waals surface area contributed by atoms with Gasteiger partial charge in [0.25, 0.3) is 5.91 Å². The number of thiophene rings is 1. The van der Waals surface area contributed by atoms with Crippen LogP contribution in [0.15, 0.2) is 64.5 Å². The molecule has 0 bridgehead atoms. The average Bonchev–Trinajstić information content (AvgIpc) is 3.25. The van der Waals surface area contributed by atoms with E-state index in [9.17, 15) is 18.0 Å². The monoisotopic (exact) mass is 533 g/mol. The first-order valence-electron chi connectivity index (χ1n) is 9.76. The second kappa shape index (κ2) is 9.43. The Bertz CT molecular complexity index is 1260. The number of hydrogen-bond acceptors (Lipinski definition) is 6. The molecular weight excluding hydrogens is 514 g/mol. The number of hydrogen-bond donors (Lipinski definition) is 3. The number of sulfone groups is 1. The second-order valence-corrected chi connectivity index (χ2v) is 11.5. The Balaban J connectivity index is 1.42.